The van der Waals surface area contributed by atoms with Gasteiger partial charge in [-0.2, -0.15) is 10.2 Å². The first-order valence-electron chi connectivity index (χ1n) is 8.65. The van der Waals surface area contributed by atoms with Gasteiger partial charge in [0.15, 0.2) is 0 Å². The van der Waals surface area contributed by atoms with Crippen molar-refractivity contribution in [1.29, 1.82) is 0 Å². The van der Waals surface area contributed by atoms with Crippen LogP contribution in [0.1, 0.15) is 0 Å². The second kappa shape index (κ2) is 6.27. The van der Waals surface area contributed by atoms with Crippen molar-refractivity contribution in [3.63, 3.8) is 0 Å². The fraction of sp³-hybridized carbons (Fsp3) is 0.211. The molecule has 0 bridgehead atoms. The second-order valence-electron chi connectivity index (χ2n) is 6.31. The first kappa shape index (κ1) is 15.1. The Morgan fingerprint density at radius 3 is 2.69 bits per heavy atom. The van der Waals surface area contributed by atoms with E-state index in [-0.39, 0.29) is 0 Å². The van der Waals surface area contributed by atoms with Crippen LogP contribution in [0.2, 0.25) is 0 Å². The molecule has 5 rings (SSSR count). The van der Waals surface area contributed by atoms with Crippen LogP contribution < -0.4 is 4.90 Å². The summed E-state index contributed by atoms with van der Waals surface area (Å²) in [4.78, 5) is 6.78. The first-order chi connectivity index (χ1) is 12.9. The minimum atomic E-state index is 0.741. The molecule has 0 radical (unpaired) electrons. The highest BCUT2D eigenvalue weighted by atomic mass is 16.5. The molecule has 26 heavy (non-hydrogen) atoms. The molecule has 1 fully saturated rings. The minimum Gasteiger partial charge on any atom is -0.378 e. The number of rotatable bonds is 3. The normalized spacial score (nSPS) is 14.8. The lowest BCUT2D eigenvalue weighted by Crippen LogP contribution is -2.36. The predicted octanol–water partition coefficient (Wildman–Crippen LogP) is 2.85. The van der Waals surface area contributed by atoms with Crippen molar-refractivity contribution in [2.45, 2.75) is 0 Å². The van der Waals surface area contributed by atoms with Crippen molar-refractivity contribution in [2.75, 3.05) is 31.2 Å². The molecule has 7 heteroatoms. The Morgan fingerprint density at radius 2 is 1.85 bits per heavy atom. The predicted molar refractivity (Wildman–Crippen MR) is 99.9 cm³/mol. The van der Waals surface area contributed by atoms with E-state index in [1.54, 1.807) is 6.20 Å². The molecule has 130 valence electrons. The molecule has 3 aromatic heterocycles. The van der Waals surface area contributed by atoms with Crippen LogP contribution in [-0.2, 0) is 4.74 Å². The van der Waals surface area contributed by atoms with E-state index in [0.717, 1.165) is 65.5 Å². The number of morpholine rings is 1. The van der Waals surface area contributed by atoms with Crippen molar-refractivity contribution in [3.05, 3.63) is 48.8 Å². The Morgan fingerprint density at radius 1 is 0.923 bits per heavy atom. The number of fused-ring (bicyclic) bond motifs is 1. The lowest BCUT2D eigenvalue weighted by Gasteiger charge is -2.27. The van der Waals surface area contributed by atoms with Crippen LogP contribution in [0.4, 0.5) is 5.82 Å². The molecule has 7 nitrogen and oxygen atoms in total. The molecule has 1 saturated heterocycles. The van der Waals surface area contributed by atoms with Gasteiger partial charge in [-0.15, -0.1) is 0 Å². The highest BCUT2D eigenvalue weighted by Crippen LogP contribution is 2.31. The monoisotopic (exact) mass is 346 g/mol. The van der Waals surface area contributed by atoms with E-state index in [2.05, 4.69) is 48.5 Å². The quantitative estimate of drug-likeness (QED) is 0.596. The molecule has 4 heterocycles. The zero-order chi connectivity index (χ0) is 17.3. The van der Waals surface area contributed by atoms with Crippen molar-refractivity contribution in [3.8, 4) is 22.5 Å². The average Bonchev–Trinajstić information content (AvgIpc) is 3.38. The van der Waals surface area contributed by atoms with E-state index in [4.69, 9.17) is 4.74 Å². The summed E-state index contributed by atoms with van der Waals surface area (Å²) in [6.45, 7) is 3.21. The van der Waals surface area contributed by atoms with E-state index < -0.39 is 0 Å². The number of hydrogen-bond donors (Lipinski definition) is 2. The average molecular weight is 346 g/mol. The van der Waals surface area contributed by atoms with Crippen LogP contribution in [0, 0.1) is 0 Å². The third-order valence-electron chi connectivity index (χ3n) is 4.73. The minimum absolute atomic E-state index is 0.741. The molecule has 4 aromatic rings. The zero-order valence-electron chi connectivity index (χ0n) is 14.1. The third kappa shape index (κ3) is 2.62. The van der Waals surface area contributed by atoms with Crippen LogP contribution >= 0.6 is 0 Å². The maximum Gasteiger partial charge on any atom is 0.129 e. The van der Waals surface area contributed by atoms with Gasteiger partial charge in [0.2, 0.25) is 0 Å². The largest absolute Gasteiger partial charge is 0.378 e. The van der Waals surface area contributed by atoms with Gasteiger partial charge in [-0.25, -0.2) is 4.98 Å². The number of nitrogens with zero attached hydrogens (tertiary/aromatic N) is 4. The van der Waals surface area contributed by atoms with Gasteiger partial charge in [-0.05, 0) is 30.3 Å². The Labute approximate surface area is 150 Å². The van der Waals surface area contributed by atoms with Gasteiger partial charge >= 0.3 is 0 Å². The zero-order valence-corrected chi connectivity index (χ0v) is 14.1. The molecule has 0 spiro atoms. The highest BCUT2D eigenvalue weighted by molar-refractivity contribution is 5.95. The Balaban J connectivity index is 1.57. The summed E-state index contributed by atoms with van der Waals surface area (Å²) in [7, 11) is 0. The molecule has 0 atom stereocenters. The van der Waals surface area contributed by atoms with Crippen LogP contribution in [0.3, 0.4) is 0 Å². The number of H-pyrrole nitrogens is 2. The van der Waals surface area contributed by atoms with E-state index in [1.807, 2.05) is 24.4 Å². The molecule has 0 unspecified atom stereocenters. The van der Waals surface area contributed by atoms with E-state index in [0.29, 0.717) is 0 Å². The second-order valence-corrected chi connectivity index (χ2v) is 6.31. The van der Waals surface area contributed by atoms with Crippen molar-refractivity contribution >= 4 is 16.7 Å². The van der Waals surface area contributed by atoms with Gasteiger partial charge in [0, 0.05) is 42.0 Å². The number of pyridine rings is 1. The molecule has 1 aliphatic heterocycles. The Bertz CT molecular complexity index is 1030. The lowest BCUT2D eigenvalue weighted by molar-refractivity contribution is 0.122. The van der Waals surface area contributed by atoms with E-state index in [1.165, 1.54) is 0 Å². The first-order valence-corrected chi connectivity index (χ1v) is 8.65. The van der Waals surface area contributed by atoms with Gasteiger partial charge in [-0.3, -0.25) is 10.2 Å². The van der Waals surface area contributed by atoms with Crippen LogP contribution in [0.15, 0.2) is 48.8 Å². The number of ether oxygens (including phenoxy) is 1. The summed E-state index contributed by atoms with van der Waals surface area (Å²) in [6.07, 6.45) is 3.60. The van der Waals surface area contributed by atoms with Gasteiger partial charge in [0.1, 0.15) is 11.5 Å². The standard InChI is InChI=1S/C19H18N6O/c1-2-17-15(11-13(1)16-4-6-21-22-16)19(24-23-17)14-3-5-20-18(12-14)25-7-9-26-10-8-25/h1-6,11-12H,7-10H2,(H,21,22)(H,23,24). The topological polar surface area (TPSA) is 82.7 Å². The van der Waals surface area contributed by atoms with Crippen LogP contribution in [0.25, 0.3) is 33.4 Å². The maximum atomic E-state index is 5.44. The number of benzene rings is 1. The van der Waals surface area contributed by atoms with Gasteiger partial charge in [-0.1, -0.05) is 6.07 Å². The van der Waals surface area contributed by atoms with E-state index in [9.17, 15) is 0 Å². The van der Waals surface area contributed by atoms with Gasteiger partial charge in [0.25, 0.3) is 0 Å². The third-order valence-corrected chi connectivity index (χ3v) is 4.73. The Kier molecular flexibility index (Phi) is 3.64. The Hall–Kier alpha value is -3.19. The smallest absolute Gasteiger partial charge is 0.129 e. The SMILES string of the molecule is c1cc(-c2ccc3[nH]nc(-c4ccnc(N5CCOCC5)c4)c3c2)[nH]n1. The molecule has 0 aliphatic carbocycles. The fourth-order valence-corrected chi connectivity index (χ4v) is 3.35. The summed E-state index contributed by atoms with van der Waals surface area (Å²) in [6, 6.07) is 12.3. The van der Waals surface area contributed by atoms with Crippen molar-refractivity contribution in [1.82, 2.24) is 25.4 Å². The number of hydrogen-bond acceptors (Lipinski definition) is 5. The van der Waals surface area contributed by atoms with Crippen LogP contribution in [0.5, 0.6) is 0 Å². The number of aromatic nitrogens is 5. The maximum absolute atomic E-state index is 5.44. The van der Waals surface area contributed by atoms with Crippen molar-refractivity contribution in [2.24, 2.45) is 0 Å². The molecule has 2 N–H and O–H groups in total. The molecular formula is C19H18N6O. The van der Waals surface area contributed by atoms with Crippen LogP contribution in [-0.4, -0.2) is 51.7 Å². The van der Waals surface area contributed by atoms with Crippen molar-refractivity contribution < 1.29 is 4.74 Å². The summed E-state index contributed by atoms with van der Waals surface area (Å²) >= 11 is 0. The van der Waals surface area contributed by atoms with E-state index >= 15 is 0 Å². The fourth-order valence-electron chi connectivity index (χ4n) is 3.35. The molecular weight excluding hydrogens is 328 g/mol. The number of nitrogens with one attached hydrogen (secondary N) is 2. The van der Waals surface area contributed by atoms with Gasteiger partial charge in [0.05, 0.1) is 24.4 Å². The number of anilines is 1. The molecule has 0 saturated carbocycles. The highest BCUT2D eigenvalue weighted by Gasteiger charge is 2.15. The summed E-state index contributed by atoms with van der Waals surface area (Å²) in [5, 5.41) is 15.8. The molecule has 0 amide bonds. The molecule has 1 aromatic carbocycles. The lowest BCUT2D eigenvalue weighted by atomic mass is 10.0. The summed E-state index contributed by atoms with van der Waals surface area (Å²) < 4.78 is 5.44. The van der Waals surface area contributed by atoms with Gasteiger partial charge < -0.3 is 9.64 Å². The molecule has 1 aliphatic rings. The number of aromatic amines is 2. The summed E-state index contributed by atoms with van der Waals surface area (Å²) in [5.41, 5.74) is 5.06. The summed E-state index contributed by atoms with van der Waals surface area (Å²) in [5.74, 6) is 0.965.